The molecule has 1 heterocycles. The van der Waals surface area contributed by atoms with Crippen LogP contribution in [0.1, 0.15) is 5.69 Å². The van der Waals surface area contributed by atoms with Gasteiger partial charge in [-0.15, -0.1) is 0 Å². The zero-order valence-corrected chi connectivity index (χ0v) is 15.2. The minimum absolute atomic E-state index is 0.0238. The van der Waals surface area contributed by atoms with Crippen LogP contribution in [0.15, 0.2) is 32.3 Å². The second kappa shape index (κ2) is 9.70. The molecule has 0 aliphatic heterocycles. The van der Waals surface area contributed by atoms with E-state index >= 15 is 0 Å². The summed E-state index contributed by atoms with van der Waals surface area (Å²) in [5.74, 6) is -2.38. The summed E-state index contributed by atoms with van der Waals surface area (Å²) in [6.07, 6.45) is 0. The number of halogens is 2. The quantitative estimate of drug-likeness (QED) is 0.125. The van der Waals surface area contributed by atoms with Gasteiger partial charge in [-0.1, -0.05) is 0 Å². The van der Waals surface area contributed by atoms with Gasteiger partial charge in [-0.2, -0.15) is 0 Å². The number of aliphatic hydroxyl groups excluding tert-OH is 1. The van der Waals surface area contributed by atoms with E-state index < -0.39 is 24.1 Å². The molecule has 0 aliphatic rings. The molecule has 0 unspecified atom stereocenters. The minimum atomic E-state index is -0.955. The Morgan fingerprint density at radius 3 is 2.74 bits per heavy atom. The molecule has 0 radical (unpaired) electrons. The van der Waals surface area contributed by atoms with Crippen LogP contribution >= 0.6 is 15.9 Å². The number of aromatic nitrogens is 2. The first-order valence-corrected chi connectivity index (χ1v) is 8.18. The molecule has 1 aromatic carbocycles. The van der Waals surface area contributed by atoms with Crippen LogP contribution in [0.25, 0.3) is 0 Å². The fourth-order valence-electron chi connectivity index (χ4n) is 1.80. The van der Waals surface area contributed by atoms with Crippen molar-refractivity contribution in [2.24, 2.45) is 4.99 Å². The van der Waals surface area contributed by atoms with Gasteiger partial charge < -0.3 is 15.7 Å². The number of carbonyl (C=O) groups excluding carboxylic acids is 2. The van der Waals surface area contributed by atoms with Gasteiger partial charge in [0.15, 0.2) is 11.5 Å². The van der Waals surface area contributed by atoms with Gasteiger partial charge in [-0.3, -0.25) is 20.3 Å². The number of Topliss-reactive ketones (excluding diaryl/α,β-unsaturated/α-hetero) is 1. The summed E-state index contributed by atoms with van der Waals surface area (Å²) in [5, 5.41) is 30.2. The van der Waals surface area contributed by atoms with Gasteiger partial charge in [-0.05, 0) is 44.4 Å². The topological polar surface area (TPSA) is 162 Å². The van der Waals surface area contributed by atoms with E-state index in [1.807, 2.05) is 5.48 Å². The molecule has 0 aliphatic carbocycles. The number of nitrogens with zero attached hydrogens (tertiary/aromatic N) is 3. The lowest BCUT2D eigenvalue weighted by Gasteiger charge is -2.06. The van der Waals surface area contributed by atoms with Crippen molar-refractivity contribution in [1.29, 1.82) is 0 Å². The molecule has 11 nitrogen and oxygen atoms in total. The molecule has 1 amide bonds. The zero-order chi connectivity index (χ0) is 19.8. The average Bonchev–Trinajstić information content (AvgIpc) is 3.13. The lowest BCUT2D eigenvalue weighted by molar-refractivity contribution is -0.139. The number of benzene rings is 1. The van der Waals surface area contributed by atoms with Crippen LogP contribution in [0.3, 0.4) is 0 Å². The number of carbonyl (C=O) groups is 2. The third-order valence-electron chi connectivity index (χ3n) is 3.06. The Morgan fingerprint density at radius 1 is 1.30 bits per heavy atom. The first kappa shape index (κ1) is 20.4. The predicted molar refractivity (Wildman–Crippen MR) is 93.1 cm³/mol. The van der Waals surface area contributed by atoms with E-state index in [4.69, 9.17) is 5.11 Å². The Balaban J connectivity index is 2.05. The predicted octanol–water partition coefficient (Wildman–Crippen LogP) is 0.118. The average molecular weight is 445 g/mol. The van der Waals surface area contributed by atoms with Crippen molar-refractivity contribution in [1.82, 2.24) is 21.1 Å². The molecule has 13 heteroatoms. The highest BCUT2D eigenvalue weighted by molar-refractivity contribution is 9.10. The fourth-order valence-corrected chi connectivity index (χ4v) is 2.17. The monoisotopic (exact) mass is 444 g/mol. The third-order valence-corrected chi connectivity index (χ3v) is 3.67. The van der Waals surface area contributed by atoms with Crippen LogP contribution in [0, 0.1) is 5.82 Å². The van der Waals surface area contributed by atoms with Crippen LogP contribution < -0.4 is 16.1 Å². The molecule has 0 bridgehead atoms. The lowest BCUT2D eigenvalue weighted by atomic mass is 10.3. The van der Waals surface area contributed by atoms with Gasteiger partial charge in [0.2, 0.25) is 11.6 Å². The van der Waals surface area contributed by atoms with Gasteiger partial charge >= 0.3 is 0 Å². The molecular weight excluding hydrogens is 431 g/mol. The Bertz CT molecular complexity index is 858. The minimum Gasteiger partial charge on any atom is -0.388 e. The van der Waals surface area contributed by atoms with Crippen molar-refractivity contribution in [2.45, 2.75) is 0 Å². The summed E-state index contributed by atoms with van der Waals surface area (Å²) in [4.78, 5) is 26.2. The molecule has 0 saturated heterocycles. The summed E-state index contributed by atoms with van der Waals surface area (Å²) in [6.45, 7) is -0.703. The van der Waals surface area contributed by atoms with E-state index in [-0.39, 0.29) is 34.9 Å². The van der Waals surface area contributed by atoms with E-state index in [0.29, 0.717) is 5.69 Å². The summed E-state index contributed by atoms with van der Waals surface area (Å²) in [6, 6.07) is 3.96. The summed E-state index contributed by atoms with van der Waals surface area (Å²) >= 11 is 3.03. The third kappa shape index (κ3) is 5.54. The molecule has 2 aromatic rings. The number of nitrogens with one attached hydrogen (secondary N) is 3. The molecule has 0 saturated carbocycles. The van der Waals surface area contributed by atoms with Gasteiger partial charge in [0.1, 0.15) is 12.4 Å². The summed E-state index contributed by atoms with van der Waals surface area (Å²) < 4.78 is 18.1. The highest BCUT2D eigenvalue weighted by Gasteiger charge is 2.17. The molecule has 2 rings (SSSR count). The normalized spacial score (nSPS) is 11.2. The zero-order valence-electron chi connectivity index (χ0n) is 13.6. The number of anilines is 1. The Hall–Kier alpha value is -2.90. The standard InChI is InChI=1S/C14H14BrFN6O5/c15-8-5-7(1-2-9(8)16)19-13(20-26)11-12(22-27-21-11)17-3-4-18-14(25)10(24)6-23/h1-2,5,23,26H,3-4,6H2,(H,17,22)(H,18,25)(H,19,20). The van der Waals surface area contributed by atoms with Crippen LogP contribution in [0.2, 0.25) is 0 Å². The molecule has 27 heavy (non-hydrogen) atoms. The van der Waals surface area contributed by atoms with Crippen LogP contribution in [-0.4, -0.2) is 57.8 Å². The SMILES string of the molecule is O=C(CO)C(=O)NCCNc1nonc1C(=Nc1ccc(F)c(Br)c1)NO. The number of amidine groups is 1. The number of hydroxylamine groups is 1. The largest absolute Gasteiger partial charge is 0.388 e. The van der Waals surface area contributed by atoms with Crippen molar-refractivity contribution in [3.8, 4) is 0 Å². The lowest BCUT2D eigenvalue weighted by Crippen LogP contribution is -2.36. The van der Waals surface area contributed by atoms with Crippen LogP contribution in [0.4, 0.5) is 15.9 Å². The second-order valence-electron chi connectivity index (χ2n) is 4.90. The molecule has 144 valence electrons. The smallest absolute Gasteiger partial charge is 0.289 e. The number of aliphatic imine (C=N–C) groups is 1. The van der Waals surface area contributed by atoms with Gasteiger partial charge in [0.05, 0.1) is 10.2 Å². The van der Waals surface area contributed by atoms with E-state index in [1.54, 1.807) is 0 Å². The van der Waals surface area contributed by atoms with Crippen molar-refractivity contribution in [3.63, 3.8) is 0 Å². The van der Waals surface area contributed by atoms with Crippen LogP contribution in [0.5, 0.6) is 0 Å². The van der Waals surface area contributed by atoms with Crippen molar-refractivity contribution in [2.75, 3.05) is 25.0 Å². The first-order valence-electron chi connectivity index (χ1n) is 7.38. The highest BCUT2D eigenvalue weighted by atomic mass is 79.9. The first-order chi connectivity index (χ1) is 13.0. The molecule has 0 spiro atoms. The summed E-state index contributed by atoms with van der Waals surface area (Å²) in [5.41, 5.74) is 2.19. The maximum absolute atomic E-state index is 13.3. The maximum Gasteiger partial charge on any atom is 0.289 e. The van der Waals surface area contributed by atoms with Gasteiger partial charge in [-0.25, -0.2) is 14.0 Å². The number of hydrogen-bond donors (Lipinski definition) is 5. The molecule has 0 atom stereocenters. The number of amides is 1. The van der Waals surface area contributed by atoms with Crippen molar-refractivity contribution < 1.29 is 28.9 Å². The van der Waals surface area contributed by atoms with Crippen LogP contribution in [-0.2, 0) is 9.59 Å². The summed E-state index contributed by atoms with van der Waals surface area (Å²) in [7, 11) is 0. The number of rotatable bonds is 8. The van der Waals surface area contributed by atoms with Gasteiger partial charge in [0, 0.05) is 13.1 Å². The number of aliphatic hydroxyl groups is 1. The Kier molecular flexibility index (Phi) is 7.34. The molecule has 5 N–H and O–H groups in total. The number of hydrogen-bond acceptors (Lipinski definition) is 9. The van der Waals surface area contributed by atoms with E-state index in [0.717, 1.165) is 0 Å². The van der Waals surface area contributed by atoms with Crippen molar-refractivity contribution in [3.05, 3.63) is 34.2 Å². The maximum atomic E-state index is 13.3. The Labute approximate surface area is 159 Å². The van der Waals surface area contributed by atoms with E-state index in [1.165, 1.54) is 18.2 Å². The Morgan fingerprint density at radius 2 is 2.07 bits per heavy atom. The second-order valence-corrected chi connectivity index (χ2v) is 5.75. The van der Waals surface area contributed by atoms with E-state index in [2.05, 4.69) is 46.5 Å². The van der Waals surface area contributed by atoms with Crippen molar-refractivity contribution >= 4 is 45.0 Å². The molecular formula is C14H14BrFN6O5. The molecule has 1 aromatic heterocycles. The molecule has 0 fully saturated rings. The highest BCUT2D eigenvalue weighted by Crippen LogP contribution is 2.23. The fraction of sp³-hybridized carbons (Fsp3) is 0.214. The van der Waals surface area contributed by atoms with E-state index in [9.17, 15) is 19.2 Å². The number of ketones is 1. The van der Waals surface area contributed by atoms with Gasteiger partial charge in [0.25, 0.3) is 5.91 Å².